The van der Waals surface area contributed by atoms with Crippen molar-refractivity contribution in [3.8, 4) is 0 Å². The van der Waals surface area contributed by atoms with Crippen molar-refractivity contribution >= 4 is 12.2 Å². The number of hydrazone groups is 1. The van der Waals surface area contributed by atoms with Crippen LogP contribution in [0.5, 0.6) is 0 Å². The van der Waals surface area contributed by atoms with Crippen molar-refractivity contribution in [2.45, 2.75) is 12.8 Å². The number of allylic oxidation sites excluding steroid dienone is 2. The zero-order valence-electron chi connectivity index (χ0n) is 7.31. The van der Waals surface area contributed by atoms with E-state index in [1.54, 1.807) is 6.21 Å². The zero-order valence-corrected chi connectivity index (χ0v) is 7.31. The molecule has 2 aliphatic carbocycles. The van der Waals surface area contributed by atoms with Crippen molar-refractivity contribution in [2.75, 3.05) is 0 Å². The van der Waals surface area contributed by atoms with Gasteiger partial charge in [-0.05, 0) is 24.7 Å². The molecule has 2 rings (SSSR count). The topological polar surface area (TPSA) is 67.5 Å². The van der Waals surface area contributed by atoms with Gasteiger partial charge in [0, 0.05) is 12.1 Å². The summed E-state index contributed by atoms with van der Waals surface area (Å²) in [5.74, 6) is 1.85. The molecule has 3 N–H and O–H groups in total. The molecule has 1 fully saturated rings. The Kier molecular flexibility index (Phi) is 2.04. The van der Waals surface area contributed by atoms with E-state index in [1.165, 1.54) is 6.42 Å². The van der Waals surface area contributed by atoms with Gasteiger partial charge >= 0.3 is 6.03 Å². The number of fused-ring (bicyclic) bond motifs is 2. The summed E-state index contributed by atoms with van der Waals surface area (Å²) in [5, 5.41) is 3.79. The molecule has 0 aromatic rings. The van der Waals surface area contributed by atoms with Gasteiger partial charge in [-0.15, -0.1) is 0 Å². The molecule has 0 saturated heterocycles. The fourth-order valence-corrected chi connectivity index (χ4v) is 2.19. The smallest absolute Gasteiger partial charge is 0.332 e. The highest BCUT2D eigenvalue weighted by Gasteiger charge is 2.34. The summed E-state index contributed by atoms with van der Waals surface area (Å²) >= 11 is 0. The van der Waals surface area contributed by atoms with Crippen LogP contribution in [0.4, 0.5) is 4.79 Å². The molecule has 13 heavy (non-hydrogen) atoms. The summed E-state index contributed by atoms with van der Waals surface area (Å²) in [6.45, 7) is 0. The van der Waals surface area contributed by atoms with Crippen LogP contribution in [0.3, 0.4) is 0 Å². The van der Waals surface area contributed by atoms with Gasteiger partial charge in [-0.3, -0.25) is 0 Å². The Labute approximate surface area is 76.9 Å². The number of carbonyl (C=O) groups excluding carboxylic acids is 1. The third kappa shape index (κ3) is 1.71. The number of nitrogens with zero attached hydrogens (tertiary/aromatic N) is 1. The molecule has 2 bridgehead atoms. The van der Waals surface area contributed by atoms with Gasteiger partial charge < -0.3 is 5.73 Å². The van der Waals surface area contributed by atoms with E-state index in [9.17, 15) is 4.79 Å². The van der Waals surface area contributed by atoms with Crippen LogP contribution in [-0.2, 0) is 0 Å². The molecule has 1 saturated carbocycles. The first-order valence-corrected chi connectivity index (χ1v) is 4.52. The third-order valence-corrected chi connectivity index (χ3v) is 2.77. The standard InChI is InChI=1S/C9H13N3O/c10-9(13)12-11-5-8-4-6-1-2-7(8)3-6/h1-2,5-8H,3-4H2,(H3,10,12,13)/b11-5-/t6-,7-,8+/m0/s1. The molecule has 3 atom stereocenters. The Bertz CT molecular complexity index is 272. The molecular weight excluding hydrogens is 166 g/mol. The maximum absolute atomic E-state index is 10.3. The van der Waals surface area contributed by atoms with E-state index in [0.29, 0.717) is 11.8 Å². The van der Waals surface area contributed by atoms with Crippen molar-refractivity contribution in [1.29, 1.82) is 0 Å². The van der Waals surface area contributed by atoms with E-state index in [0.717, 1.165) is 12.3 Å². The highest BCUT2D eigenvalue weighted by molar-refractivity contribution is 5.73. The highest BCUT2D eigenvalue weighted by atomic mass is 16.2. The molecular formula is C9H13N3O. The summed E-state index contributed by atoms with van der Waals surface area (Å²) in [6.07, 6.45) is 8.73. The lowest BCUT2D eigenvalue weighted by Crippen LogP contribution is -2.25. The molecule has 2 amide bonds. The van der Waals surface area contributed by atoms with E-state index in [2.05, 4.69) is 22.7 Å². The van der Waals surface area contributed by atoms with Gasteiger partial charge in [0.05, 0.1) is 0 Å². The molecule has 0 heterocycles. The maximum atomic E-state index is 10.3. The Hall–Kier alpha value is -1.32. The molecule has 4 heteroatoms. The predicted octanol–water partition coefficient (Wildman–Crippen LogP) is 0.853. The van der Waals surface area contributed by atoms with Gasteiger partial charge in [-0.25, -0.2) is 10.2 Å². The lowest BCUT2D eigenvalue weighted by atomic mass is 9.95. The quantitative estimate of drug-likeness (QED) is 0.368. The van der Waals surface area contributed by atoms with Crippen LogP contribution < -0.4 is 11.2 Å². The number of nitrogens with two attached hydrogens (primary N) is 1. The van der Waals surface area contributed by atoms with E-state index in [-0.39, 0.29) is 0 Å². The van der Waals surface area contributed by atoms with Crippen LogP contribution in [0.25, 0.3) is 0 Å². The van der Waals surface area contributed by atoms with Gasteiger partial charge in [-0.1, -0.05) is 12.2 Å². The summed E-state index contributed by atoms with van der Waals surface area (Å²) in [4.78, 5) is 10.3. The van der Waals surface area contributed by atoms with E-state index < -0.39 is 6.03 Å². The lowest BCUT2D eigenvalue weighted by Gasteiger charge is -2.11. The molecule has 70 valence electrons. The third-order valence-electron chi connectivity index (χ3n) is 2.77. The molecule has 0 aromatic heterocycles. The second-order valence-electron chi connectivity index (χ2n) is 3.70. The van der Waals surface area contributed by atoms with Crippen molar-refractivity contribution in [1.82, 2.24) is 5.43 Å². The summed E-state index contributed by atoms with van der Waals surface area (Å²) in [5.41, 5.74) is 7.09. The Morgan fingerprint density at radius 3 is 2.92 bits per heavy atom. The fourth-order valence-electron chi connectivity index (χ4n) is 2.19. The van der Waals surface area contributed by atoms with Crippen molar-refractivity contribution in [3.05, 3.63) is 12.2 Å². The normalized spacial score (nSPS) is 35.8. The SMILES string of the molecule is NC(=O)N/N=C\[C@H]1C[C@H]2C=C[C@H]1C2. The Morgan fingerprint density at radius 1 is 1.54 bits per heavy atom. The van der Waals surface area contributed by atoms with Gasteiger partial charge in [0.15, 0.2) is 0 Å². The lowest BCUT2D eigenvalue weighted by molar-refractivity contribution is 0.249. The van der Waals surface area contributed by atoms with E-state index in [1.807, 2.05) is 0 Å². The second-order valence-corrected chi connectivity index (χ2v) is 3.70. The summed E-state index contributed by atoms with van der Waals surface area (Å²) in [6, 6.07) is -0.602. The summed E-state index contributed by atoms with van der Waals surface area (Å²) < 4.78 is 0. The molecule has 0 aromatic carbocycles. The van der Waals surface area contributed by atoms with Crippen molar-refractivity contribution in [3.63, 3.8) is 0 Å². The first-order valence-electron chi connectivity index (χ1n) is 4.52. The minimum atomic E-state index is -0.602. The average molecular weight is 179 g/mol. The van der Waals surface area contributed by atoms with Crippen LogP contribution >= 0.6 is 0 Å². The van der Waals surface area contributed by atoms with Crippen LogP contribution in [0.1, 0.15) is 12.8 Å². The number of rotatable bonds is 2. The van der Waals surface area contributed by atoms with Crippen LogP contribution in [0, 0.1) is 17.8 Å². The molecule has 2 aliphatic rings. The first kappa shape index (κ1) is 8.29. The van der Waals surface area contributed by atoms with Crippen LogP contribution in [0.15, 0.2) is 17.3 Å². The second kappa shape index (κ2) is 3.20. The highest BCUT2D eigenvalue weighted by Crippen LogP contribution is 2.42. The molecule has 0 unspecified atom stereocenters. The number of amides is 2. The summed E-state index contributed by atoms with van der Waals surface area (Å²) in [7, 11) is 0. The minimum absolute atomic E-state index is 0.488. The first-order chi connectivity index (χ1) is 6.25. The fraction of sp³-hybridized carbons (Fsp3) is 0.556. The van der Waals surface area contributed by atoms with Crippen LogP contribution in [0.2, 0.25) is 0 Å². The largest absolute Gasteiger partial charge is 0.350 e. The maximum Gasteiger partial charge on any atom is 0.332 e. The molecule has 0 spiro atoms. The van der Waals surface area contributed by atoms with Crippen molar-refractivity contribution < 1.29 is 4.79 Å². The number of hydrogen-bond donors (Lipinski definition) is 2. The van der Waals surface area contributed by atoms with E-state index in [4.69, 9.17) is 5.73 Å². The van der Waals surface area contributed by atoms with E-state index >= 15 is 0 Å². The Morgan fingerprint density at radius 2 is 2.38 bits per heavy atom. The zero-order chi connectivity index (χ0) is 9.26. The monoisotopic (exact) mass is 179 g/mol. The van der Waals surface area contributed by atoms with Crippen LogP contribution in [-0.4, -0.2) is 12.2 Å². The number of primary amides is 1. The van der Waals surface area contributed by atoms with Gasteiger partial charge in [0.1, 0.15) is 0 Å². The Balaban J connectivity index is 1.86. The number of hydrogen-bond acceptors (Lipinski definition) is 2. The van der Waals surface area contributed by atoms with Gasteiger partial charge in [0.2, 0.25) is 0 Å². The van der Waals surface area contributed by atoms with Crippen molar-refractivity contribution in [2.24, 2.45) is 28.6 Å². The molecule has 0 radical (unpaired) electrons. The number of urea groups is 1. The molecule has 4 nitrogen and oxygen atoms in total. The van der Waals surface area contributed by atoms with Gasteiger partial charge in [-0.2, -0.15) is 5.10 Å². The van der Waals surface area contributed by atoms with Gasteiger partial charge in [0.25, 0.3) is 0 Å². The minimum Gasteiger partial charge on any atom is -0.350 e. The number of carbonyl (C=O) groups is 1. The number of nitrogens with one attached hydrogen (secondary N) is 1. The predicted molar refractivity (Wildman–Crippen MR) is 50.1 cm³/mol. The molecule has 0 aliphatic heterocycles. The average Bonchev–Trinajstić information content (AvgIpc) is 2.64.